The molecular formula is C12H13ClO3. The van der Waals surface area contributed by atoms with Gasteiger partial charge in [0, 0.05) is 12.0 Å². The molecule has 86 valence electrons. The molecule has 0 bridgehead atoms. The lowest BCUT2D eigenvalue weighted by Crippen LogP contribution is -2.17. The van der Waals surface area contributed by atoms with Gasteiger partial charge in [0.2, 0.25) is 0 Å². The summed E-state index contributed by atoms with van der Waals surface area (Å²) >= 11 is 6.19. The first-order valence-electron chi connectivity index (χ1n) is 5.16. The Kier molecular flexibility index (Phi) is 3.06. The van der Waals surface area contributed by atoms with Crippen LogP contribution < -0.4 is 9.47 Å². The number of carbonyl (C=O) groups is 1. The SMILES string of the molecule is CC(=O)Cc1cc2c(c(C)c1Cl)OCCO2. The molecule has 0 aliphatic carbocycles. The van der Waals surface area contributed by atoms with Crippen LogP contribution in [0.15, 0.2) is 6.07 Å². The topological polar surface area (TPSA) is 35.5 Å². The zero-order chi connectivity index (χ0) is 11.7. The molecule has 3 nitrogen and oxygen atoms in total. The normalized spacial score (nSPS) is 13.7. The summed E-state index contributed by atoms with van der Waals surface area (Å²) in [6, 6.07) is 1.80. The number of ether oxygens (including phenoxy) is 2. The van der Waals surface area contributed by atoms with E-state index in [9.17, 15) is 4.79 Å². The highest BCUT2D eigenvalue weighted by molar-refractivity contribution is 6.32. The number of hydrogen-bond acceptors (Lipinski definition) is 3. The summed E-state index contributed by atoms with van der Waals surface area (Å²) in [5.74, 6) is 1.46. The molecule has 1 aromatic rings. The van der Waals surface area contributed by atoms with Gasteiger partial charge in [-0.3, -0.25) is 4.79 Å². The maximum Gasteiger partial charge on any atom is 0.165 e. The van der Waals surface area contributed by atoms with E-state index in [1.807, 2.05) is 6.92 Å². The lowest BCUT2D eigenvalue weighted by Gasteiger charge is -2.22. The van der Waals surface area contributed by atoms with Crippen LogP contribution >= 0.6 is 11.6 Å². The molecular weight excluding hydrogens is 228 g/mol. The Morgan fingerprint density at radius 1 is 1.44 bits per heavy atom. The zero-order valence-corrected chi connectivity index (χ0v) is 10.1. The highest BCUT2D eigenvalue weighted by Gasteiger charge is 2.19. The smallest absolute Gasteiger partial charge is 0.165 e. The van der Waals surface area contributed by atoms with Gasteiger partial charge in [-0.2, -0.15) is 0 Å². The number of fused-ring (bicyclic) bond motifs is 1. The van der Waals surface area contributed by atoms with E-state index in [0.29, 0.717) is 36.2 Å². The third-order valence-electron chi connectivity index (χ3n) is 2.51. The van der Waals surface area contributed by atoms with Crippen LogP contribution in [0.5, 0.6) is 11.5 Å². The maximum absolute atomic E-state index is 11.1. The first kappa shape index (κ1) is 11.3. The molecule has 0 spiro atoms. The van der Waals surface area contributed by atoms with Crippen molar-refractivity contribution in [3.8, 4) is 11.5 Å². The van der Waals surface area contributed by atoms with E-state index in [0.717, 1.165) is 11.1 Å². The molecule has 0 aromatic heterocycles. The molecule has 0 saturated heterocycles. The fraction of sp³-hybridized carbons (Fsp3) is 0.417. The summed E-state index contributed by atoms with van der Waals surface area (Å²) < 4.78 is 11.0. The molecule has 0 fully saturated rings. The van der Waals surface area contributed by atoms with Crippen LogP contribution in [0.2, 0.25) is 5.02 Å². The number of ketones is 1. The molecule has 1 heterocycles. The first-order valence-corrected chi connectivity index (χ1v) is 5.54. The Bertz CT molecular complexity index is 440. The summed E-state index contributed by atoms with van der Waals surface area (Å²) in [5, 5.41) is 0.597. The molecule has 0 radical (unpaired) electrons. The minimum atomic E-state index is 0.0815. The van der Waals surface area contributed by atoms with Crippen molar-refractivity contribution >= 4 is 17.4 Å². The van der Waals surface area contributed by atoms with Gasteiger partial charge in [0.25, 0.3) is 0 Å². The van der Waals surface area contributed by atoms with Gasteiger partial charge in [-0.25, -0.2) is 0 Å². The molecule has 1 aliphatic heterocycles. The largest absolute Gasteiger partial charge is 0.486 e. The Labute approximate surface area is 99.3 Å². The van der Waals surface area contributed by atoms with E-state index in [-0.39, 0.29) is 5.78 Å². The van der Waals surface area contributed by atoms with E-state index in [4.69, 9.17) is 21.1 Å². The molecule has 1 aromatic carbocycles. The average molecular weight is 241 g/mol. The summed E-state index contributed by atoms with van der Waals surface area (Å²) in [4.78, 5) is 11.1. The number of benzene rings is 1. The third kappa shape index (κ3) is 2.00. The van der Waals surface area contributed by atoms with Crippen molar-refractivity contribution < 1.29 is 14.3 Å². The molecule has 0 atom stereocenters. The Morgan fingerprint density at radius 3 is 2.81 bits per heavy atom. The summed E-state index contributed by atoms with van der Waals surface area (Å²) in [5.41, 5.74) is 1.64. The Hall–Kier alpha value is -1.22. The van der Waals surface area contributed by atoms with Crippen molar-refractivity contribution in [3.63, 3.8) is 0 Å². The van der Waals surface area contributed by atoms with E-state index >= 15 is 0 Å². The van der Waals surface area contributed by atoms with Gasteiger partial charge in [0.05, 0.1) is 5.02 Å². The molecule has 0 saturated carbocycles. The number of halogens is 1. The molecule has 0 N–H and O–H groups in total. The van der Waals surface area contributed by atoms with Gasteiger partial charge in [-0.15, -0.1) is 0 Å². The number of Topliss-reactive ketones (excluding diaryl/α,β-unsaturated/α-hetero) is 1. The van der Waals surface area contributed by atoms with E-state index < -0.39 is 0 Å². The standard InChI is InChI=1S/C12H13ClO3/c1-7(14)5-9-6-10-12(8(2)11(9)13)16-4-3-15-10/h6H,3-5H2,1-2H3. The van der Waals surface area contributed by atoms with Crippen LogP contribution in [0.1, 0.15) is 18.1 Å². The average Bonchev–Trinajstić information content (AvgIpc) is 2.25. The second-order valence-electron chi connectivity index (χ2n) is 3.88. The maximum atomic E-state index is 11.1. The summed E-state index contributed by atoms with van der Waals surface area (Å²) in [7, 11) is 0. The van der Waals surface area contributed by atoms with Crippen molar-refractivity contribution in [2.24, 2.45) is 0 Å². The highest BCUT2D eigenvalue weighted by atomic mass is 35.5. The Balaban J connectivity index is 2.48. The molecule has 1 aliphatic rings. The van der Waals surface area contributed by atoms with Crippen LogP contribution in [-0.2, 0) is 11.2 Å². The van der Waals surface area contributed by atoms with E-state index in [1.165, 1.54) is 0 Å². The van der Waals surface area contributed by atoms with Crippen molar-refractivity contribution in [2.45, 2.75) is 20.3 Å². The molecule has 0 amide bonds. The first-order chi connectivity index (χ1) is 7.59. The fourth-order valence-corrected chi connectivity index (χ4v) is 2.00. The van der Waals surface area contributed by atoms with Gasteiger partial charge < -0.3 is 9.47 Å². The lowest BCUT2D eigenvalue weighted by molar-refractivity contribution is -0.116. The van der Waals surface area contributed by atoms with E-state index in [2.05, 4.69) is 0 Å². The van der Waals surface area contributed by atoms with Gasteiger partial charge in [-0.05, 0) is 25.5 Å². The van der Waals surface area contributed by atoms with Crippen molar-refractivity contribution in [2.75, 3.05) is 13.2 Å². The van der Waals surface area contributed by atoms with Crippen molar-refractivity contribution in [3.05, 3.63) is 22.2 Å². The molecule has 16 heavy (non-hydrogen) atoms. The highest BCUT2D eigenvalue weighted by Crippen LogP contribution is 2.40. The molecule has 0 unspecified atom stereocenters. The molecule has 4 heteroatoms. The van der Waals surface area contributed by atoms with E-state index in [1.54, 1.807) is 13.0 Å². The minimum absolute atomic E-state index is 0.0815. The van der Waals surface area contributed by atoms with Gasteiger partial charge in [0.15, 0.2) is 11.5 Å². The quantitative estimate of drug-likeness (QED) is 0.797. The predicted molar refractivity (Wildman–Crippen MR) is 61.6 cm³/mol. The van der Waals surface area contributed by atoms with Crippen LogP contribution in [0.4, 0.5) is 0 Å². The van der Waals surface area contributed by atoms with Gasteiger partial charge in [-0.1, -0.05) is 11.6 Å². The third-order valence-corrected chi connectivity index (χ3v) is 3.03. The Morgan fingerprint density at radius 2 is 2.12 bits per heavy atom. The van der Waals surface area contributed by atoms with Gasteiger partial charge >= 0.3 is 0 Å². The fourth-order valence-electron chi connectivity index (χ4n) is 1.79. The summed E-state index contributed by atoms with van der Waals surface area (Å²) in [6.45, 7) is 4.49. The van der Waals surface area contributed by atoms with Crippen LogP contribution in [0.25, 0.3) is 0 Å². The summed E-state index contributed by atoms with van der Waals surface area (Å²) in [6.07, 6.45) is 0.330. The number of rotatable bonds is 2. The second kappa shape index (κ2) is 4.34. The van der Waals surface area contributed by atoms with Crippen LogP contribution in [0.3, 0.4) is 0 Å². The lowest BCUT2D eigenvalue weighted by atomic mass is 10.0. The second-order valence-corrected chi connectivity index (χ2v) is 4.26. The number of carbonyl (C=O) groups excluding carboxylic acids is 1. The predicted octanol–water partition coefficient (Wildman–Crippen LogP) is 2.55. The minimum Gasteiger partial charge on any atom is -0.486 e. The molecule has 2 rings (SSSR count). The zero-order valence-electron chi connectivity index (χ0n) is 9.30. The van der Waals surface area contributed by atoms with Crippen molar-refractivity contribution in [1.29, 1.82) is 0 Å². The van der Waals surface area contributed by atoms with Crippen LogP contribution in [-0.4, -0.2) is 19.0 Å². The van der Waals surface area contributed by atoms with Crippen LogP contribution in [0, 0.1) is 6.92 Å². The van der Waals surface area contributed by atoms with Crippen molar-refractivity contribution in [1.82, 2.24) is 0 Å². The monoisotopic (exact) mass is 240 g/mol. The van der Waals surface area contributed by atoms with Gasteiger partial charge in [0.1, 0.15) is 19.0 Å². The number of hydrogen-bond donors (Lipinski definition) is 0.